The van der Waals surface area contributed by atoms with E-state index in [2.05, 4.69) is 10.8 Å². The Hall–Kier alpha value is -2.05. The fraction of sp³-hybridized carbons (Fsp3) is 0.429. The normalized spacial score (nSPS) is 13.9. The van der Waals surface area contributed by atoms with Gasteiger partial charge in [0.25, 0.3) is 0 Å². The second-order valence-corrected chi connectivity index (χ2v) is 8.78. The third-order valence-electron chi connectivity index (χ3n) is 4.78. The van der Waals surface area contributed by atoms with Crippen molar-refractivity contribution in [2.24, 2.45) is 0 Å². The molecular formula is C21H27NO4S. The van der Waals surface area contributed by atoms with E-state index in [0.717, 1.165) is 48.1 Å². The van der Waals surface area contributed by atoms with Gasteiger partial charge in [0.15, 0.2) is 0 Å². The zero-order valence-corrected chi connectivity index (χ0v) is 17.0. The highest BCUT2D eigenvalue weighted by molar-refractivity contribution is 7.89. The number of rotatable bonds is 7. The minimum Gasteiger partial charge on any atom is -0.495 e. The van der Waals surface area contributed by atoms with Crippen molar-refractivity contribution < 1.29 is 17.9 Å². The van der Waals surface area contributed by atoms with Gasteiger partial charge in [-0.25, -0.2) is 13.1 Å². The molecule has 6 heteroatoms. The molecule has 0 unspecified atom stereocenters. The molecule has 0 saturated heterocycles. The van der Waals surface area contributed by atoms with Gasteiger partial charge in [-0.1, -0.05) is 6.07 Å². The van der Waals surface area contributed by atoms with Crippen LogP contribution in [-0.2, 0) is 22.9 Å². The zero-order valence-electron chi connectivity index (χ0n) is 16.2. The van der Waals surface area contributed by atoms with Crippen LogP contribution in [0.3, 0.4) is 0 Å². The first-order valence-corrected chi connectivity index (χ1v) is 10.8. The molecule has 1 N–H and O–H groups in total. The molecule has 0 aliphatic heterocycles. The van der Waals surface area contributed by atoms with E-state index in [1.165, 1.54) is 12.7 Å². The highest BCUT2D eigenvalue weighted by Crippen LogP contribution is 2.31. The first-order chi connectivity index (χ1) is 12.9. The number of methoxy groups -OCH3 is 1. The van der Waals surface area contributed by atoms with Crippen LogP contribution in [0.4, 0.5) is 0 Å². The maximum absolute atomic E-state index is 12.8. The van der Waals surface area contributed by atoms with Crippen LogP contribution in [0.1, 0.15) is 35.1 Å². The van der Waals surface area contributed by atoms with Gasteiger partial charge in [0.1, 0.15) is 23.0 Å². The average molecular weight is 390 g/mol. The molecule has 0 heterocycles. The number of nitrogens with one attached hydrogen (secondary N) is 1. The summed E-state index contributed by atoms with van der Waals surface area (Å²) >= 11 is 0. The lowest BCUT2D eigenvalue weighted by atomic mass is 9.92. The molecule has 0 fully saturated rings. The smallest absolute Gasteiger partial charge is 0.244 e. The number of hydrogen-bond donors (Lipinski definition) is 1. The first-order valence-electron chi connectivity index (χ1n) is 9.29. The van der Waals surface area contributed by atoms with Crippen LogP contribution >= 0.6 is 0 Å². The molecular weight excluding hydrogens is 362 g/mol. The Balaban J connectivity index is 1.67. The molecule has 0 atom stereocenters. The Morgan fingerprint density at radius 3 is 2.22 bits per heavy atom. The van der Waals surface area contributed by atoms with Gasteiger partial charge < -0.3 is 9.47 Å². The third-order valence-corrected chi connectivity index (χ3v) is 6.26. The fourth-order valence-electron chi connectivity index (χ4n) is 3.55. The van der Waals surface area contributed by atoms with Crippen LogP contribution in [0, 0.1) is 13.8 Å². The summed E-state index contributed by atoms with van der Waals surface area (Å²) in [6.07, 6.45) is 4.12. The zero-order chi connectivity index (χ0) is 19.4. The highest BCUT2D eigenvalue weighted by Gasteiger charge is 2.23. The van der Waals surface area contributed by atoms with E-state index in [1.54, 1.807) is 6.07 Å². The van der Waals surface area contributed by atoms with Gasteiger partial charge in [0.2, 0.25) is 10.0 Å². The monoisotopic (exact) mass is 389 g/mol. The molecule has 2 aromatic rings. The molecule has 0 amide bonds. The summed E-state index contributed by atoms with van der Waals surface area (Å²) in [7, 11) is -2.16. The minimum absolute atomic E-state index is 0.190. The summed E-state index contributed by atoms with van der Waals surface area (Å²) in [5, 5.41) is 0. The Morgan fingerprint density at radius 2 is 1.59 bits per heavy atom. The highest BCUT2D eigenvalue weighted by atomic mass is 32.2. The second-order valence-electron chi connectivity index (χ2n) is 7.05. The number of fused-ring (bicyclic) bond motifs is 1. The van der Waals surface area contributed by atoms with Crippen molar-refractivity contribution in [3.05, 3.63) is 52.6 Å². The summed E-state index contributed by atoms with van der Waals surface area (Å²) in [6.45, 7) is 4.46. The van der Waals surface area contributed by atoms with Crippen LogP contribution in [0.2, 0.25) is 0 Å². The second kappa shape index (κ2) is 8.31. The van der Waals surface area contributed by atoms with E-state index < -0.39 is 10.0 Å². The molecule has 2 aromatic carbocycles. The lowest BCUT2D eigenvalue weighted by Crippen LogP contribution is -2.29. The van der Waals surface area contributed by atoms with Gasteiger partial charge in [-0.2, -0.15) is 0 Å². The van der Waals surface area contributed by atoms with Crippen molar-refractivity contribution >= 4 is 10.0 Å². The SMILES string of the molecule is COc1cc2c(cc1S(=O)(=O)NCCOc1cc(C)cc(C)c1)CCCC2. The molecule has 27 heavy (non-hydrogen) atoms. The molecule has 0 spiro atoms. The maximum atomic E-state index is 12.8. The quantitative estimate of drug-likeness (QED) is 0.736. The van der Waals surface area contributed by atoms with E-state index >= 15 is 0 Å². The van der Waals surface area contributed by atoms with Gasteiger partial charge >= 0.3 is 0 Å². The van der Waals surface area contributed by atoms with Gasteiger partial charge in [-0.3, -0.25) is 0 Å². The molecule has 0 radical (unpaired) electrons. The molecule has 1 aliphatic rings. The lowest BCUT2D eigenvalue weighted by Gasteiger charge is -2.19. The van der Waals surface area contributed by atoms with E-state index in [9.17, 15) is 8.42 Å². The van der Waals surface area contributed by atoms with E-state index in [-0.39, 0.29) is 18.0 Å². The molecule has 0 saturated carbocycles. The minimum atomic E-state index is -3.66. The summed E-state index contributed by atoms with van der Waals surface area (Å²) in [6, 6.07) is 9.58. The number of hydrogen-bond acceptors (Lipinski definition) is 4. The van der Waals surface area contributed by atoms with Gasteiger partial charge in [-0.15, -0.1) is 0 Å². The molecule has 0 bridgehead atoms. The molecule has 146 valence electrons. The fourth-order valence-corrected chi connectivity index (χ4v) is 4.76. The van der Waals surface area contributed by atoms with Crippen LogP contribution in [0.15, 0.2) is 35.2 Å². The van der Waals surface area contributed by atoms with Gasteiger partial charge in [0.05, 0.1) is 7.11 Å². The number of sulfonamides is 1. The van der Waals surface area contributed by atoms with Crippen molar-refractivity contribution in [1.82, 2.24) is 4.72 Å². The molecule has 5 nitrogen and oxygen atoms in total. The van der Waals surface area contributed by atoms with Crippen LogP contribution in [-0.4, -0.2) is 28.7 Å². The first kappa shape index (κ1) is 19.7. The number of ether oxygens (including phenoxy) is 2. The maximum Gasteiger partial charge on any atom is 0.244 e. The van der Waals surface area contributed by atoms with Gasteiger partial charge in [0, 0.05) is 6.54 Å². The van der Waals surface area contributed by atoms with E-state index in [0.29, 0.717) is 5.75 Å². The molecule has 0 aromatic heterocycles. The Morgan fingerprint density at radius 1 is 0.963 bits per heavy atom. The topological polar surface area (TPSA) is 64.6 Å². The van der Waals surface area contributed by atoms with Crippen molar-refractivity contribution in [3.63, 3.8) is 0 Å². The lowest BCUT2D eigenvalue weighted by molar-refractivity contribution is 0.322. The average Bonchev–Trinajstić information content (AvgIpc) is 2.63. The Kier molecular flexibility index (Phi) is 6.07. The largest absolute Gasteiger partial charge is 0.495 e. The van der Waals surface area contributed by atoms with Crippen LogP contribution < -0.4 is 14.2 Å². The Bertz CT molecular complexity index is 902. The summed E-state index contributed by atoms with van der Waals surface area (Å²) in [4.78, 5) is 0.206. The number of benzene rings is 2. The molecule has 3 rings (SSSR count). The standard InChI is InChI=1S/C21H27NO4S/c1-15-10-16(2)12-19(11-15)26-9-8-22-27(23,24)21-14-18-7-5-4-6-17(18)13-20(21)25-3/h10-14,22H,4-9H2,1-3H3. The Labute approximate surface area is 161 Å². The summed E-state index contributed by atoms with van der Waals surface area (Å²) in [5.41, 5.74) is 4.53. The van der Waals surface area contributed by atoms with Crippen molar-refractivity contribution in [2.45, 2.75) is 44.4 Å². The van der Waals surface area contributed by atoms with Crippen molar-refractivity contribution in [3.8, 4) is 11.5 Å². The molecule has 1 aliphatic carbocycles. The van der Waals surface area contributed by atoms with Crippen molar-refractivity contribution in [1.29, 1.82) is 0 Å². The third kappa shape index (κ3) is 4.82. The van der Waals surface area contributed by atoms with E-state index in [1.807, 2.05) is 32.0 Å². The summed E-state index contributed by atoms with van der Waals surface area (Å²) < 4.78 is 39.2. The predicted molar refractivity (Wildman–Crippen MR) is 106 cm³/mol. The van der Waals surface area contributed by atoms with Crippen LogP contribution in [0.25, 0.3) is 0 Å². The predicted octanol–water partition coefficient (Wildman–Crippen LogP) is 3.55. The van der Waals surface area contributed by atoms with Crippen molar-refractivity contribution in [2.75, 3.05) is 20.3 Å². The number of aryl methyl sites for hydroxylation is 4. The summed E-state index contributed by atoms with van der Waals surface area (Å²) in [5.74, 6) is 1.15. The van der Waals surface area contributed by atoms with E-state index in [4.69, 9.17) is 9.47 Å². The van der Waals surface area contributed by atoms with Gasteiger partial charge in [-0.05, 0) is 86.1 Å². The van der Waals surface area contributed by atoms with Crippen LogP contribution in [0.5, 0.6) is 11.5 Å².